The largest absolute Gasteiger partial charge is 0.377 e. The molecule has 0 aromatic heterocycles. The van der Waals surface area contributed by atoms with Gasteiger partial charge in [0.25, 0.3) is 0 Å². The summed E-state index contributed by atoms with van der Waals surface area (Å²) in [6.07, 6.45) is 2.63. The zero-order valence-corrected chi connectivity index (χ0v) is 11.6. The Morgan fingerprint density at radius 3 is 3.05 bits per heavy atom. The third-order valence-electron chi connectivity index (χ3n) is 3.40. The summed E-state index contributed by atoms with van der Waals surface area (Å²) in [6, 6.07) is 8.26. The minimum atomic E-state index is -0.0437. The van der Waals surface area contributed by atoms with Crippen molar-refractivity contribution in [1.82, 2.24) is 5.32 Å². The first kappa shape index (κ1) is 14.0. The Morgan fingerprint density at radius 1 is 1.53 bits per heavy atom. The van der Waals surface area contributed by atoms with E-state index in [1.54, 1.807) is 0 Å². The summed E-state index contributed by atoms with van der Waals surface area (Å²) >= 11 is 0. The van der Waals surface area contributed by atoms with Gasteiger partial charge in [0.2, 0.25) is 5.91 Å². The maximum atomic E-state index is 11.0. The molecule has 0 radical (unpaired) electrons. The molecule has 0 aliphatic carbocycles. The third kappa shape index (κ3) is 4.33. The van der Waals surface area contributed by atoms with Crippen LogP contribution in [0.5, 0.6) is 0 Å². The van der Waals surface area contributed by atoms with Gasteiger partial charge in [0.1, 0.15) is 0 Å². The van der Waals surface area contributed by atoms with Gasteiger partial charge in [0, 0.05) is 31.8 Å². The highest BCUT2D eigenvalue weighted by molar-refractivity contribution is 5.88. The van der Waals surface area contributed by atoms with Crippen LogP contribution in [0.15, 0.2) is 24.3 Å². The Hall–Kier alpha value is -1.39. The van der Waals surface area contributed by atoms with Gasteiger partial charge in [-0.25, -0.2) is 0 Å². The van der Waals surface area contributed by atoms with E-state index in [4.69, 9.17) is 4.74 Å². The van der Waals surface area contributed by atoms with Gasteiger partial charge in [0.15, 0.2) is 0 Å². The lowest BCUT2D eigenvalue weighted by Crippen LogP contribution is -2.36. The highest BCUT2D eigenvalue weighted by atomic mass is 16.5. The second-order valence-corrected chi connectivity index (χ2v) is 5.10. The van der Waals surface area contributed by atoms with E-state index in [2.05, 4.69) is 23.6 Å². The van der Waals surface area contributed by atoms with E-state index in [0.29, 0.717) is 12.1 Å². The van der Waals surface area contributed by atoms with Crippen LogP contribution in [-0.2, 0) is 16.1 Å². The van der Waals surface area contributed by atoms with E-state index in [9.17, 15) is 4.79 Å². The molecule has 0 saturated carbocycles. The van der Waals surface area contributed by atoms with Gasteiger partial charge in [-0.3, -0.25) is 4.79 Å². The van der Waals surface area contributed by atoms with Gasteiger partial charge in [-0.1, -0.05) is 12.1 Å². The maximum absolute atomic E-state index is 11.0. The van der Waals surface area contributed by atoms with Crippen LogP contribution in [-0.4, -0.2) is 24.7 Å². The molecular formula is C15H22N2O2. The molecule has 0 spiro atoms. The van der Waals surface area contributed by atoms with Crippen molar-refractivity contribution in [3.63, 3.8) is 0 Å². The highest BCUT2D eigenvalue weighted by Crippen LogP contribution is 2.16. The number of benzene rings is 1. The molecule has 19 heavy (non-hydrogen) atoms. The van der Waals surface area contributed by atoms with Gasteiger partial charge in [-0.2, -0.15) is 0 Å². The number of ether oxygens (including phenoxy) is 1. The minimum Gasteiger partial charge on any atom is -0.377 e. The van der Waals surface area contributed by atoms with Crippen molar-refractivity contribution >= 4 is 11.6 Å². The Balaban J connectivity index is 1.86. The van der Waals surface area contributed by atoms with E-state index in [0.717, 1.165) is 37.2 Å². The summed E-state index contributed by atoms with van der Waals surface area (Å²) in [4.78, 5) is 11.0. The average molecular weight is 262 g/mol. The number of carbonyl (C=O) groups is 1. The lowest BCUT2D eigenvalue weighted by atomic mass is 10.1. The van der Waals surface area contributed by atoms with E-state index in [1.807, 2.05) is 18.2 Å². The third-order valence-corrected chi connectivity index (χ3v) is 3.40. The van der Waals surface area contributed by atoms with Crippen LogP contribution in [0.25, 0.3) is 0 Å². The lowest BCUT2D eigenvalue weighted by molar-refractivity contribution is -0.114. The van der Waals surface area contributed by atoms with Gasteiger partial charge in [-0.15, -0.1) is 0 Å². The summed E-state index contributed by atoms with van der Waals surface area (Å²) in [7, 11) is 0. The molecule has 4 heteroatoms. The Labute approximate surface area is 114 Å². The molecule has 0 unspecified atom stereocenters. The predicted molar refractivity (Wildman–Crippen MR) is 76.0 cm³/mol. The topological polar surface area (TPSA) is 50.4 Å². The van der Waals surface area contributed by atoms with Crippen LogP contribution >= 0.6 is 0 Å². The van der Waals surface area contributed by atoms with Gasteiger partial charge in [0.05, 0.1) is 6.10 Å². The summed E-state index contributed by atoms with van der Waals surface area (Å²) in [6.45, 7) is 5.35. The zero-order chi connectivity index (χ0) is 13.7. The maximum Gasteiger partial charge on any atom is 0.221 e. The van der Waals surface area contributed by atoms with Crippen molar-refractivity contribution in [2.24, 2.45) is 0 Å². The summed E-state index contributed by atoms with van der Waals surface area (Å²) in [5, 5.41) is 6.28. The molecular weight excluding hydrogens is 240 g/mol. The van der Waals surface area contributed by atoms with Gasteiger partial charge < -0.3 is 15.4 Å². The quantitative estimate of drug-likeness (QED) is 0.856. The van der Waals surface area contributed by atoms with Crippen LogP contribution in [0.4, 0.5) is 5.69 Å². The lowest BCUT2D eigenvalue weighted by Gasteiger charge is -2.20. The first-order chi connectivity index (χ1) is 9.15. The number of anilines is 1. The summed E-state index contributed by atoms with van der Waals surface area (Å²) in [5.74, 6) is -0.0437. The molecule has 2 atom stereocenters. The zero-order valence-electron chi connectivity index (χ0n) is 11.6. The predicted octanol–water partition coefficient (Wildman–Crippen LogP) is 2.30. The van der Waals surface area contributed by atoms with E-state index in [1.165, 1.54) is 6.92 Å². The first-order valence-corrected chi connectivity index (χ1v) is 6.86. The molecule has 1 aromatic rings. The van der Waals surface area contributed by atoms with E-state index < -0.39 is 0 Å². The van der Waals surface area contributed by atoms with E-state index in [-0.39, 0.29) is 5.91 Å². The average Bonchev–Trinajstić information content (AvgIpc) is 2.89. The molecule has 1 fully saturated rings. The monoisotopic (exact) mass is 262 g/mol. The molecule has 1 aliphatic heterocycles. The molecule has 4 nitrogen and oxygen atoms in total. The number of amides is 1. The molecule has 2 rings (SSSR count). The Kier molecular flexibility index (Phi) is 4.93. The van der Waals surface area contributed by atoms with Gasteiger partial charge >= 0.3 is 0 Å². The molecule has 1 heterocycles. The van der Waals surface area contributed by atoms with Gasteiger partial charge in [-0.05, 0) is 37.5 Å². The Bertz CT molecular complexity index is 428. The molecule has 2 N–H and O–H groups in total. The van der Waals surface area contributed by atoms with Crippen molar-refractivity contribution in [2.45, 2.75) is 45.4 Å². The van der Waals surface area contributed by atoms with Crippen LogP contribution < -0.4 is 10.6 Å². The Morgan fingerprint density at radius 2 is 2.37 bits per heavy atom. The second-order valence-electron chi connectivity index (χ2n) is 5.10. The molecule has 104 valence electrons. The van der Waals surface area contributed by atoms with Crippen LogP contribution in [0, 0.1) is 0 Å². The minimum absolute atomic E-state index is 0.0437. The van der Waals surface area contributed by atoms with Crippen molar-refractivity contribution in [3.8, 4) is 0 Å². The van der Waals surface area contributed by atoms with Crippen molar-refractivity contribution < 1.29 is 9.53 Å². The highest BCUT2D eigenvalue weighted by Gasteiger charge is 2.21. The fourth-order valence-corrected chi connectivity index (χ4v) is 2.37. The number of hydrogen-bond donors (Lipinski definition) is 2. The molecule has 1 saturated heterocycles. The summed E-state index contributed by atoms with van der Waals surface area (Å²) < 4.78 is 5.66. The molecule has 1 amide bonds. The normalized spacial score (nSPS) is 20.2. The molecule has 1 aromatic carbocycles. The second kappa shape index (κ2) is 6.68. The number of rotatable bonds is 5. The standard InChI is InChI=1S/C15H22N2O2/c1-11(15-7-4-8-19-15)16-10-13-5-3-6-14(9-13)17-12(2)18/h3,5-6,9,11,15-16H,4,7-8,10H2,1-2H3,(H,17,18)/t11-,15+/m0/s1. The molecule has 0 bridgehead atoms. The van der Waals surface area contributed by atoms with Crippen LogP contribution in [0.2, 0.25) is 0 Å². The SMILES string of the molecule is CC(=O)Nc1cccc(CN[C@@H](C)[C@H]2CCCO2)c1. The molecule has 1 aliphatic rings. The van der Waals surface area contributed by atoms with Crippen molar-refractivity contribution in [1.29, 1.82) is 0 Å². The fraction of sp³-hybridized carbons (Fsp3) is 0.533. The van der Waals surface area contributed by atoms with Crippen molar-refractivity contribution in [2.75, 3.05) is 11.9 Å². The fourth-order valence-electron chi connectivity index (χ4n) is 2.37. The van der Waals surface area contributed by atoms with Crippen molar-refractivity contribution in [3.05, 3.63) is 29.8 Å². The first-order valence-electron chi connectivity index (χ1n) is 6.86. The van der Waals surface area contributed by atoms with Crippen LogP contribution in [0.3, 0.4) is 0 Å². The number of hydrogen-bond acceptors (Lipinski definition) is 3. The van der Waals surface area contributed by atoms with E-state index >= 15 is 0 Å². The number of carbonyl (C=O) groups excluding carboxylic acids is 1. The smallest absolute Gasteiger partial charge is 0.221 e. The number of nitrogens with one attached hydrogen (secondary N) is 2. The summed E-state index contributed by atoms with van der Waals surface area (Å²) in [5.41, 5.74) is 2.01. The van der Waals surface area contributed by atoms with Crippen LogP contribution in [0.1, 0.15) is 32.3 Å².